The van der Waals surface area contributed by atoms with E-state index >= 15 is 0 Å². The maximum absolute atomic E-state index is 12.6. The Kier molecular flexibility index (Phi) is 6.61. The van der Waals surface area contributed by atoms with Gasteiger partial charge in [0.1, 0.15) is 12.6 Å². The van der Waals surface area contributed by atoms with Crippen LogP contribution in [0.25, 0.3) is 0 Å². The van der Waals surface area contributed by atoms with Crippen molar-refractivity contribution in [2.75, 3.05) is 37.6 Å². The minimum Gasteiger partial charge on any atom is -0.369 e. The molecular formula is C21H23F3N4O2. The molecule has 2 aromatic rings. The number of anilines is 1. The predicted octanol–water partition coefficient (Wildman–Crippen LogP) is 2.33. The Labute approximate surface area is 172 Å². The third-order valence-corrected chi connectivity index (χ3v) is 5.02. The van der Waals surface area contributed by atoms with E-state index < -0.39 is 30.6 Å². The first-order valence-electron chi connectivity index (χ1n) is 9.53. The van der Waals surface area contributed by atoms with Crippen LogP contribution in [-0.2, 0) is 4.79 Å². The number of primary amides is 1. The highest BCUT2D eigenvalue weighted by Gasteiger charge is 2.34. The van der Waals surface area contributed by atoms with E-state index in [1.54, 1.807) is 54.6 Å². The molecule has 0 bridgehead atoms. The third kappa shape index (κ3) is 5.50. The molecule has 1 aliphatic rings. The summed E-state index contributed by atoms with van der Waals surface area (Å²) in [6.45, 7) is 0.812. The van der Waals surface area contributed by atoms with Gasteiger partial charge in [0.15, 0.2) is 0 Å². The van der Waals surface area contributed by atoms with Crippen molar-refractivity contribution in [1.29, 1.82) is 0 Å². The van der Waals surface area contributed by atoms with E-state index in [9.17, 15) is 22.8 Å². The number of nitrogens with two attached hydrogens (primary N) is 1. The quantitative estimate of drug-likeness (QED) is 0.752. The van der Waals surface area contributed by atoms with E-state index in [-0.39, 0.29) is 0 Å². The molecule has 0 radical (unpaired) electrons. The van der Waals surface area contributed by atoms with E-state index in [0.29, 0.717) is 37.3 Å². The lowest BCUT2D eigenvalue weighted by atomic mass is 10.0. The monoisotopic (exact) mass is 420 g/mol. The van der Waals surface area contributed by atoms with Gasteiger partial charge in [0.2, 0.25) is 11.8 Å². The second-order valence-corrected chi connectivity index (χ2v) is 7.08. The zero-order valence-corrected chi connectivity index (χ0v) is 16.2. The highest BCUT2D eigenvalue weighted by Crippen LogP contribution is 2.25. The summed E-state index contributed by atoms with van der Waals surface area (Å²) < 4.78 is 37.7. The molecule has 1 atom stereocenters. The molecule has 30 heavy (non-hydrogen) atoms. The number of nitrogens with one attached hydrogen (secondary N) is 1. The number of hydrogen-bond acceptors (Lipinski definition) is 4. The average molecular weight is 420 g/mol. The van der Waals surface area contributed by atoms with Crippen molar-refractivity contribution < 1.29 is 22.8 Å². The molecule has 1 saturated heterocycles. The van der Waals surface area contributed by atoms with Gasteiger partial charge in [0.05, 0.1) is 0 Å². The average Bonchev–Trinajstić information content (AvgIpc) is 2.73. The Balaban J connectivity index is 1.70. The Morgan fingerprint density at radius 3 is 2.10 bits per heavy atom. The van der Waals surface area contributed by atoms with Gasteiger partial charge in [-0.25, -0.2) is 0 Å². The summed E-state index contributed by atoms with van der Waals surface area (Å²) in [6.07, 6.45) is -4.47. The summed E-state index contributed by atoms with van der Waals surface area (Å²) in [5.41, 5.74) is 7.24. The fraction of sp³-hybridized carbons (Fsp3) is 0.333. The van der Waals surface area contributed by atoms with Gasteiger partial charge in [-0.15, -0.1) is 0 Å². The maximum Gasteiger partial charge on any atom is 0.405 e. The van der Waals surface area contributed by atoms with Gasteiger partial charge in [-0.1, -0.05) is 30.3 Å². The van der Waals surface area contributed by atoms with E-state index in [4.69, 9.17) is 5.73 Å². The lowest BCUT2D eigenvalue weighted by Crippen LogP contribution is -2.51. The Hall–Kier alpha value is -3.07. The molecule has 6 nitrogen and oxygen atoms in total. The van der Waals surface area contributed by atoms with Crippen LogP contribution in [0.5, 0.6) is 0 Å². The minimum absolute atomic E-state index is 0.419. The van der Waals surface area contributed by atoms with Crippen molar-refractivity contribution >= 4 is 17.5 Å². The molecule has 2 aromatic carbocycles. The van der Waals surface area contributed by atoms with Crippen LogP contribution in [0.3, 0.4) is 0 Å². The van der Waals surface area contributed by atoms with Crippen molar-refractivity contribution in [3.05, 3.63) is 65.7 Å². The van der Waals surface area contributed by atoms with Gasteiger partial charge in [-0.3, -0.25) is 14.5 Å². The molecule has 3 rings (SSSR count). The first-order chi connectivity index (χ1) is 14.2. The number of hydrogen-bond donors (Lipinski definition) is 2. The number of piperazine rings is 1. The molecule has 1 heterocycles. The zero-order valence-electron chi connectivity index (χ0n) is 16.2. The van der Waals surface area contributed by atoms with Crippen molar-refractivity contribution in [2.45, 2.75) is 12.2 Å². The number of carbonyl (C=O) groups excluding carboxylic acids is 2. The predicted molar refractivity (Wildman–Crippen MR) is 107 cm³/mol. The highest BCUT2D eigenvalue weighted by atomic mass is 19.4. The number of halogens is 3. The molecule has 0 aromatic heterocycles. The molecule has 3 N–H and O–H groups in total. The summed E-state index contributed by atoms with van der Waals surface area (Å²) in [5.74, 6) is -1.17. The smallest absolute Gasteiger partial charge is 0.369 e. The van der Waals surface area contributed by atoms with Crippen molar-refractivity contribution in [2.24, 2.45) is 5.73 Å². The van der Waals surface area contributed by atoms with Gasteiger partial charge in [-0.05, 0) is 29.8 Å². The number of benzene rings is 2. The lowest BCUT2D eigenvalue weighted by molar-refractivity contribution is -0.142. The van der Waals surface area contributed by atoms with Crippen LogP contribution in [-0.4, -0.2) is 55.6 Å². The molecule has 1 aliphatic heterocycles. The zero-order chi connectivity index (χ0) is 21.7. The summed E-state index contributed by atoms with van der Waals surface area (Å²) >= 11 is 0. The van der Waals surface area contributed by atoms with Crippen molar-refractivity contribution in [1.82, 2.24) is 10.2 Å². The standard InChI is InChI=1S/C21H23F3N4O2/c22-21(23,24)14-26-20(30)18(15-4-2-1-3-5-15)28-12-10-27(11-13-28)17-8-6-16(7-9-17)19(25)29/h1-9,18H,10-14H2,(H2,25,29)(H,26,30). The Morgan fingerprint density at radius 1 is 0.967 bits per heavy atom. The van der Waals surface area contributed by atoms with Crippen LogP contribution >= 0.6 is 0 Å². The molecule has 1 fully saturated rings. The molecule has 160 valence electrons. The van der Waals surface area contributed by atoms with Crippen LogP contribution in [0.2, 0.25) is 0 Å². The van der Waals surface area contributed by atoms with E-state index in [2.05, 4.69) is 4.90 Å². The first kappa shape index (κ1) is 21.6. The van der Waals surface area contributed by atoms with Crippen LogP contribution in [0, 0.1) is 0 Å². The van der Waals surface area contributed by atoms with E-state index in [1.165, 1.54) is 0 Å². The van der Waals surface area contributed by atoms with Crippen LogP contribution < -0.4 is 16.0 Å². The summed E-state index contributed by atoms with van der Waals surface area (Å²) in [5, 5.41) is 2.02. The van der Waals surface area contributed by atoms with Crippen LogP contribution in [0.1, 0.15) is 22.0 Å². The van der Waals surface area contributed by atoms with Gasteiger partial charge in [-0.2, -0.15) is 13.2 Å². The SMILES string of the molecule is NC(=O)c1ccc(N2CCN(C(C(=O)NCC(F)(F)F)c3ccccc3)CC2)cc1. The number of alkyl halides is 3. The van der Waals surface area contributed by atoms with Gasteiger partial charge in [0.25, 0.3) is 0 Å². The van der Waals surface area contributed by atoms with Gasteiger partial charge < -0.3 is 16.0 Å². The number of rotatable bonds is 6. The van der Waals surface area contributed by atoms with Gasteiger partial charge >= 0.3 is 6.18 Å². The number of amides is 2. The maximum atomic E-state index is 12.6. The number of nitrogens with zero attached hydrogens (tertiary/aromatic N) is 2. The molecule has 0 saturated carbocycles. The molecular weight excluding hydrogens is 397 g/mol. The fourth-order valence-electron chi connectivity index (χ4n) is 3.52. The first-order valence-corrected chi connectivity index (χ1v) is 9.53. The summed E-state index contributed by atoms with van der Waals surface area (Å²) in [7, 11) is 0. The van der Waals surface area contributed by atoms with Crippen molar-refractivity contribution in [3.63, 3.8) is 0 Å². The largest absolute Gasteiger partial charge is 0.405 e. The van der Waals surface area contributed by atoms with Crippen LogP contribution in [0.15, 0.2) is 54.6 Å². The topological polar surface area (TPSA) is 78.7 Å². The normalized spacial score (nSPS) is 16.2. The summed E-state index contributed by atoms with van der Waals surface area (Å²) in [4.78, 5) is 27.8. The second-order valence-electron chi connectivity index (χ2n) is 7.08. The Bertz CT molecular complexity index is 864. The molecule has 2 amide bonds. The van der Waals surface area contributed by atoms with Gasteiger partial charge in [0, 0.05) is 37.4 Å². The van der Waals surface area contributed by atoms with Crippen molar-refractivity contribution in [3.8, 4) is 0 Å². The van der Waals surface area contributed by atoms with E-state index in [1.807, 2.05) is 10.2 Å². The highest BCUT2D eigenvalue weighted by molar-refractivity contribution is 5.93. The van der Waals surface area contributed by atoms with Crippen LogP contribution in [0.4, 0.5) is 18.9 Å². The molecule has 1 unspecified atom stereocenters. The molecule has 9 heteroatoms. The number of carbonyl (C=O) groups is 2. The fourth-order valence-corrected chi connectivity index (χ4v) is 3.52. The lowest BCUT2D eigenvalue weighted by Gasteiger charge is -2.39. The third-order valence-electron chi connectivity index (χ3n) is 5.02. The van der Waals surface area contributed by atoms with E-state index in [0.717, 1.165) is 5.69 Å². The Morgan fingerprint density at radius 2 is 1.57 bits per heavy atom. The summed E-state index contributed by atoms with van der Waals surface area (Å²) in [6, 6.07) is 14.9. The molecule has 0 spiro atoms. The molecule has 0 aliphatic carbocycles. The second kappa shape index (κ2) is 9.17. The minimum atomic E-state index is -4.47.